The molecule has 1 aromatic heterocycles. The Labute approximate surface area is 92.0 Å². The van der Waals surface area contributed by atoms with E-state index in [2.05, 4.69) is 26.1 Å². The molecule has 72 valence electrons. The van der Waals surface area contributed by atoms with E-state index in [-0.39, 0.29) is 16.7 Å². The van der Waals surface area contributed by atoms with Gasteiger partial charge < -0.3 is 4.52 Å². The maximum atomic E-state index is 13.5. The first-order valence-corrected chi connectivity index (χ1v) is 4.79. The normalized spacial score (nSPS) is 10.5. The van der Waals surface area contributed by atoms with Crippen molar-refractivity contribution in [1.82, 2.24) is 10.1 Å². The van der Waals surface area contributed by atoms with Crippen molar-refractivity contribution in [3.05, 3.63) is 33.8 Å². The number of rotatable bonds is 1. The maximum absolute atomic E-state index is 13.5. The molecule has 0 bridgehead atoms. The highest BCUT2D eigenvalue weighted by atomic mass is 79.9. The van der Waals surface area contributed by atoms with Gasteiger partial charge in [0.1, 0.15) is 5.82 Å². The summed E-state index contributed by atoms with van der Waals surface area (Å²) in [7, 11) is 0. The molecule has 6 heteroatoms. The number of halogens is 3. The Morgan fingerprint density at radius 1 is 1.43 bits per heavy atom. The van der Waals surface area contributed by atoms with Gasteiger partial charge in [-0.3, -0.25) is 0 Å². The van der Waals surface area contributed by atoms with Gasteiger partial charge in [0.05, 0.1) is 10.0 Å². The van der Waals surface area contributed by atoms with Crippen LogP contribution in [-0.4, -0.2) is 10.1 Å². The lowest BCUT2D eigenvalue weighted by atomic mass is 10.2. The van der Waals surface area contributed by atoms with Crippen molar-refractivity contribution in [2.45, 2.75) is 0 Å². The van der Waals surface area contributed by atoms with Crippen LogP contribution in [0.4, 0.5) is 4.39 Å². The second-order valence-electron chi connectivity index (χ2n) is 2.47. The Hall–Kier alpha value is -0.940. The van der Waals surface area contributed by atoms with E-state index in [1.165, 1.54) is 6.07 Å². The molecule has 0 saturated heterocycles. The van der Waals surface area contributed by atoms with Crippen LogP contribution in [0.3, 0.4) is 0 Å². The Morgan fingerprint density at radius 3 is 2.86 bits per heavy atom. The molecule has 0 spiro atoms. The fourth-order valence-corrected chi connectivity index (χ4v) is 1.46. The average Bonchev–Trinajstić information content (AvgIpc) is 2.57. The van der Waals surface area contributed by atoms with Crippen molar-refractivity contribution in [2.24, 2.45) is 0 Å². The summed E-state index contributed by atoms with van der Waals surface area (Å²) >= 11 is 8.50. The van der Waals surface area contributed by atoms with Gasteiger partial charge in [-0.1, -0.05) is 6.07 Å². The van der Waals surface area contributed by atoms with E-state index in [0.717, 1.165) is 0 Å². The first-order chi connectivity index (χ1) is 6.68. The van der Waals surface area contributed by atoms with E-state index in [0.29, 0.717) is 4.47 Å². The fourth-order valence-electron chi connectivity index (χ4n) is 0.984. The second-order valence-corrected chi connectivity index (χ2v) is 3.66. The molecule has 0 aliphatic heterocycles. The van der Waals surface area contributed by atoms with E-state index in [1.807, 2.05) is 0 Å². The number of hydrogen-bond donors (Lipinski definition) is 0. The number of aromatic nitrogens is 2. The monoisotopic (exact) mass is 276 g/mol. The number of hydrogen-bond acceptors (Lipinski definition) is 3. The molecule has 0 N–H and O–H groups in total. The maximum Gasteiger partial charge on any atom is 0.264 e. The van der Waals surface area contributed by atoms with Crippen molar-refractivity contribution in [3.8, 4) is 11.5 Å². The third-order valence-electron chi connectivity index (χ3n) is 1.58. The van der Waals surface area contributed by atoms with Crippen molar-refractivity contribution < 1.29 is 8.91 Å². The Kier molecular flexibility index (Phi) is 2.52. The van der Waals surface area contributed by atoms with E-state index >= 15 is 0 Å². The predicted octanol–water partition coefficient (Wildman–Crippen LogP) is 3.29. The molecule has 1 heterocycles. The van der Waals surface area contributed by atoms with Crippen LogP contribution >= 0.6 is 27.5 Å². The summed E-state index contributed by atoms with van der Waals surface area (Å²) in [5.41, 5.74) is 0.221. The minimum Gasteiger partial charge on any atom is -0.333 e. The molecule has 3 nitrogen and oxygen atoms in total. The van der Waals surface area contributed by atoms with Crippen molar-refractivity contribution in [3.63, 3.8) is 0 Å². The highest BCUT2D eigenvalue weighted by molar-refractivity contribution is 9.10. The Balaban J connectivity index is 2.57. The molecule has 1 aromatic carbocycles. The lowest BCUT2D eigenvalue weighted by molar-refractivity contribution is 0.427. The standard InChI is InChI=1S/C8H3BrClFN2O/c9-5-3-1-2-4(6(5)11)7-12-8(10)13-14-7/h1-3H. The van der Waals surface area contributed by atoms with Gasteiger partial charge in [-0.15, -0.1) is 0 Å². The Morgan fingerprint density at radius 2 is 2.21 bits per heavy atom. The smallest absolute Gasteiger partial charge is 0.264 e. The minimum absolute atomic E-state index is 0.0422. The highest BCUT2D eigenvalue weighted by Gasteiger charge is 2.13. The molecule has 2 aromatic rings. The predicted molar refractivity (Wildman–Crippen MR) is 52.4 cm³/mol. The van der Waals surface area contributed by atoms with Crippen LogP contribution in [0.1, 0.15) is 0 Å². The van der Waals surface area contributed by atoms with Crippen molar-refractivity contribution in [1.29, 1.82) is 0 Å². The molecular weight excluding hydrogens is 274 g/mol. The van der Waals surface area contributed by atoms with Crippen LogP contribution in [0.25, 0.3) is 11.5 Å². The summed E-state index contributed by atoms with van der Waals surface area (Å²) in [5.74, 6) is -0.387. The summed E-state index contributed by atoms with van der Waals surface area (Å²) < 4.78 is 18.5. The third kappa shape index (κ3) is 1.65. The minimum atomic E-state index is -0.451. The Bertz CT molecular complexity index is 474. The SMILES string of the molecule is Fc1c(Br)cccc1-c1nc(Cl)no1. The largest absolute Gasteiger partial charge is 0.333 e. The molecule has 0 fully saturated rings. The zero-order valence-electron chi connectivity index (χ0n) is 6.67. The van der Waals surface area contributed by atoms with Gasteiger partial charge in [-0.05, 0) is 44.8 Å². The van der Waals surface area contributed by atoms with Crippen LogP contribution < -0.4 is 0 Å². The average molecular weight is 277 g/mol. The molecule has 0 unspecified atom stereocenters. The molecule has 0 amide bonds. The van der Waals surface area contributed by atoms with Gasteiger partial charge in [0, 0.05) is 0 Å². The molecule has 0 atom stereocenters. The first kappa shape index (κ1) is 9.61. The molecule has 2 rings (SSSR count). The molecule has 0 aliphatic rings. The van der Waals surface area contributed by atoms with E-state index < -0.39 is 5.82 Å². The molecular formula is C8H3BrClFN2O. The molecule has 0 aliphatic carbocycles. The molecule has 14 heavy (non-hydrogen) atoms. The van der Waals surface area contributed by atoms with Crippen molar-refractivity contribution in [2.75, 3.05) is 0 Å². The zero-order chi connectivity index (χ0) is 10.1. The van der Waals surface area contributed by atoms with Crippen molar-refractivity contribution >= 4 is 27.5 Å². The fraction of sp³-hybridized carbons (Fsp3) is 0. The summed E-state index contributed by atoms with van der Waals surface area (Å²) in [6.07, 6.45) is 0. The molecule has 0 radical (unpaired) electrons. The summed E-state index contributed by atoms with van der Waals surface area (Å²) in [4.78, 5) is 3.71. The third-order valence-corrected chi connectivity index (χ3v) is 2.35. The van der Waals surface area contributed by atoms with Gasteiger partial charge in [-0.25, -0.2) is 4.39 Å². The van der Waals surface area contributed by atoms with Gasteiger partial charge in [0.25, 0.3) is 11.2 Å². The molecule has 0 saturated carbocycles. The van der Waals surface area contributed by atoms with Gasteiger partial charge >= 0.3 is 0 Å². The lowest BCUT2D eigenvalue weighted by Gasteiger charge is -1.97. The van der Waals surface area contributed by atoms with Gasteiger partial charge in [-0.2, -0.15) is 4.98 Å². The van der Waals surface area contributed by atoms with E-state index in [9.17, 15) is 4.39 Å². The topological polar surface area (TPSA) is 38.9 Å². The zero-order valence-corrected chi connectivity index (χ0v) is 9.01. The number of benzene rings is 1. The van der Waals surface area contributed by atoms with Crippen LogP contribution in [0.2, 0.25) is 5.28 Å². The van der Waals surface area contributed by atoms with E-state index in [1.54, 1.807) is 12.1 Å². The second kappa shape index (κ2) is 3.67. The van der Waals surface area contributed by atoms with E-state index in [4.69, 9.17) is 16.1 Å². The highest BCUT2D eigenvalue weighted by Crippen LogP contribution is 2.26. The van der Waals surface area contributed by atoms with Crippen LogP contribution in [0.5, 0.6) is 0 Å². The van der Waals surface area contributed by atoms with Gasteiger partial charge in [0.2, 0.25) is 0 Å². The quantitative estimate of drug-likeness (QED) is 0.803. The summed E-state index contributed by atoms with van der Waals surface area (Å²) in [6.45, 7) is 0. The van der Waals surface area contributed by atoms with Gasteiger partial charge in [0.15, 0.2) is 0 Å². The summed E-state index contributed by atoms with van der Waals surface area (Å²) in [5, 5.41) is 3.32. The first-order valence-electron chi connectivity index (χ1n) is 3.62. The lowest BCUT2D eigenvalue weighted by Crippen LogP contribution is -1.85. The summed E-state index contributed by atoms with van der Waals surface area (Å²) in [6, 6.07) is 4.78. The van der Waals surface area contributed by atoms with Crippen LogP contribution in [-0.2, 0) is 0 Å². The van der Waals surface area contributed by atoms with Crippen LogP contribution in [0, 0.1) is 5.82 Å². The number of nitrogens with zero attached hydrogens (tertiary/aromatic N) is 2. The van der Waals surface area contributed by atoms with Crippen LogP contribution in [0.15, 0.2) is 27.2 Å².